The lowest BCUT2D eigenvalue weighted by Crippen LogP contribution is -2.43. The molecule has 3 N–H and O–H groups in total. The van der Waals surface area contributed by atoms with Gasteiger partial charge < -0.3 is 9.97 Å². The predicted molar refractivity (Wildman–Crippen MR) is 91.5 cm³/mol. The highest BCUT2D eigenvalue weighted by molar-refractivity contribution is 7.89. The average Bonchev–Trinajstić information content (AvgIpc) is 2.52. The number of hydrogen-bond acceptors (Lipinski definition) is 4. The lowest BCUT2D eigenvalue weighted by atomic mass is 9.78. The van der Waals surface area contributed by atoms with E-state index in [1.54, 1.807) is 0 Å². The van der Waals surface area contributed by atoms with Crippen molar-refractivity contribution in [2.45, 2.75) is 44.0 Å². The number of fused-ring (bicyclic) bond motifs is 1. The van der Waals surface area contributed by atoms with Gasteiger partial charge in [0.15, 0.2) is 0 Å². The van der Waals surface area contributed by atoms with Crippen LogP contribution >= 0.6 is 0 Å². The topological polar surface area (TPSA) is 112 Å². The van der Waals surface area contributed by atoms with Gasteiger partial charge in [0.25, 0.3) is 0 Å². The van der Waals surface area contributed by atoms with Gasteiger partial charge in [-0.15, -0.1) is 0 Å². The molecule has 130 valence electrons. The minimum Gasteiger partial charge on any atom is -0.316 e. The molecule has 1 aromatic heterocycles. The Morgan fingerprint density at radius 2 is 1.71 bits per heavy atom. The van der Waals surface area contributed by atoms with Crippen molar-refractivity contribution in [2.24, 2.45) is 11.8 Å². The van der Waals surface area contributed by atoms with E-state index in [2.05, 4.69) is 28.5 Å². The van der Waals surface area contributed by atoms with Gasteiger partial charge in [0.1, 0.15) is 0 Å². The summed E-state index contributed by atoms with van der Waals surface area (Å²) in [6.45, 7) is 4.21. The minimum absolute atomic E-state index is 0.0723. The molecule has 0 bridgehead atoms. The smallest absolute Gasteiger partial charge is 0.314 e. The van der Waals surface area contributed by atoms with Crippen molar-refractivity contribution in [1.82, 2.24) is 14.7 Å². The number of H-pyrrole nitrogens is 2. The lowest BCUT2D eigenvalue weighted by Gasteiger charge is -2.34. The molecule has 1 aliphatic carbocycles. The van der Waals surface area contributed by atoms with Crippen LogP contribution in [0.25, 0.3) is 11.0 Å². The van der Waals surface area contributed by atoms with Gasteiger partial charge in [-0.3, -0.25) is 9.59 Å². The maximum Gasteiger partial charge on any atom is 0.314 e. The van der Waals surface area contributed by atoms with Crippen molar-refractivity contribution >= 4 is 21.1 Å². The van der Waals surface area contributed by atoms with E-state index in [0.717, 1.165) is 19.3 Å². The Bertz CT molecular complexity index is 977. The Morgan fingerprint density at radius 1 is 1.04 bits per heavy atom. The maximum atomic E-state index is 12.7. The van der Waals surface area contributed by atoms with Crippen LogP contribution in [0, 0.1) is 11.8 Å². The summed E-state index contributed by atoms with van der Waals surface area (Å²) >= 11 is 0. The van der Waals surface area contributed by atoms with E-state index in [1.165, 1.54) is 18.2 Å². The number of nitrogens with one attached hydrogen (secondary N) is 3. The summed E-state index contributed by atoms with van der Waals surface area (Å²) in [7, 11) is -3.69. The van der Waals surface area contributed by atoms with Gasteiger partial charge in [0.05, 0.1) is 15.9 Å². The van der Waals surface area contributed by atoms with Crippen LogP contribution in [0.4, 0.5) is 0 Å². The molecule has 3 atom stereocenters. The van der Waals surface area contributed by atoms with Gasteiger partial charge in [-0.2, -0.15) is 0 Å². The second-order valence-corrected chi connectivity index (χ2v) is 8.32. The largest absolute Gasteiger partial charge is 0.316 e. The van der Waals surface area contributed by atoms with Gasteiger partial charge in [-0.25, -0.2) is 13.1 Å². The molecule has 1 aromatic carbocycles. The highest BCUT2D eigenvalue weighted by Crippen LogP contribution is 2.30. The lowest BCUT2D eigenvalue weighted by molar-refractivity contribution is 0.227. The monoisotopic (exact) mass is 351 g/mol. The SMILES string of the molecule is CC1CCCC(NS(=O)(=O)c2ccc3[nH]c(=O)c(=O)[nH]c3c2)C1C. The van der Waals surface area contributed by atoms with E-state index in [-0.39, 0.29) is 22.4 Å². The highest BCUT2D eigenvalue weighted by Gasteiger charge is 2.30. The van der Waals surface area contributed by atoms with Gasteiger partial charge >= 0.3 is 11.1 Å². The number of rotatable bonds is 3. The maximum absolute atomic E-state index is 12.7. The number of aromatic amines is 2. The molecule has 0 radical (unpaired) electrons. The van der Waals surface area contributed by atoms with Gasteiger partial charge in [0.2, 0.25) is 10.0 Å². The molecule has 1 aliphatic rings. The molecule has 0 spiro atoms. The summed E-state index contributed by atoms with van der Waals surface area (Å²) < 4.78 is 28.1. The Morgan fingerprint density at radius 3 is 2.42 bits per heavy atom. The average molecular weight is 351 g/mol. The van der Waals surface area contributed by atoms with Crippen molar-refractivity contribution < 1.29 is 8.42 Å². The summed E-state index contributed by atoms with van der Waals surface area (Å²) in [4.78, 5) is 27.6. The molecular weight excluding hydrogens is 330 g/mol. The highest BCUT2D eigenvalue weighted by atomic mass is 32.2. The molecule has 7 nitrogen and oxygen atoms in total. The molecular formula is C16H21N3O4S. The number of sulfonamides is 1. The molecule has 1 heterocycles. The molecule has 24 heavy (non-hydrogen) atoms. The fourth-order valence-corrected chi connectivity index (χ4v) is 4.66. The first-order chi connectivity index (χ1) is 11.3. The van der Waals surface area contributed by atoms with Crippen LogP contribution in [0.15, 0.2) is 32.7 Å². The van der Waals surface area contributed by atoms with Crippen molar-refractivity contribution in [3.8, 4) is 0 Å². The Labute approximate surface area is 139 Å². The van der Waals surface area contributed by atoms with Crippen LogP contribution in [-0.4, -0.2) is 24.4 Å². The number of aromatic nitrogens is 2. The normalized spacial score (nSPS) is 25.0. The first-order valence-electron chi connectivity index (χ1n) is 8.06. The number of hydrogen-bond donors (Lipinski definition) is 3. The first kappa shape index (κ1) is 16.9. The molecule has 3 unspecified atom stereocenters. The molecule has 3 rings (SSSR count). The minimum atomic E-state index is -3.69. The third-order valence-electron chi connectivity index (χ3n) is 5.02. The molecule has 0 amide bonds. The molecule has 0 aliphatic heterocycles. The van der Waals surface area contributed by atoms with Crippen LogP contribution in [0.2, 0.25) is 0 Å². The van der Waals surface area contributed by atoms with Crippen LogP contribution in [0.5, 0.6) is 0 Å². The van der Waals surface area contributed by atoms with Crippen molar-refractivity contribution in [2.75, 3.05) is 0 Å². The van der Waals surface area contributed by atoms with E-state index in [0.29, 0.717) is 11.4 Å². The van der Waals surface area contributed by atoms with E-state index >= 15 is 0 Å². The quantitative estimate of drug-likeness (QED) is 0.724. The molecule has 0 saturated heterocycles. The van der Waals surface area contributed by atoms with Gasteiger partial charge in [-0.1, -0.05) is 26.7 Å². The van der Waals surface area contributed by atoms with E-state index < -0.39 is 21.1 Å². The zero-order valence-corrected chi connectivity index (χ0v) is 14.4. The molecule has 2 aromatic rings. The Hall–Kier alpha value is -1.93. The fourth-order valence-electron chi connectivity index (χ4n) is 3.28. The van der Waals surface area contributed by atoms with Crippen LogP contribution in [-0.2, 0) is 10.0 Å². The Kier molecular flexibility index (Phi) is 4.35. The van der Waals surface area contributed by atoms with E-state index in [1.807, 2.05) is 0 Å². The van der Waals surface area contributed by atoms with Gasteiger partial charge in [-0.05, 0) is 36.5 Å². The third kappa shape index (κ3) is 3.16. The van der Waals surface area contributed by atoms with Crippen molar-refractivity contribution in [1.29, 1.82) is 0 Å². The summed E-state index contributed by atoms with van der Waals surface area (Å²) in [6, 6.07) is 4.18. The third-order valence-corrected chi connectivity index (χ3v) is 6.50. The zero-order chi connectivity index (χ0) is 17.5. The Balaban J connectivity index is 1.94. The summed E-state index contributed by atoms with van der Waals surface area (Å²) in [5.74, 6) is 0.745. The zero-order valence-electron chi connectivity index (χ0n) is 13.6. The predicted octanol–water partition coefficient (Wildman–Crippen LogP) is 1.32. The fraction of sp³-hybridized carbons (Fsp3) is 0.500. The molecule has 1 saturated carbocycles. The van der Waals surface area contributed by atoms with Crippen LogP contribution in [0.3, 0.4) is 0 Å². The van der Waals surface area contributed by atoms with Crippen LogP contribution in [0.1, 0.15) is 33.1 Å². The van der Waals surface area contributed by atoms with Crippen molar-refractivity contribution in [3.05, 3.63) is 38.9 Å². The summed E-state index contributed by atoms with van der Waals surface area (Å²) in [5, 5.41) is 0. The summed E-state index contributed by atoms with van der Waals surface area (Å²) in [6.07, 6.45) is 2.94. The van der Waals surface area contributed by atoms with Gasteiger partial charge in [0, 0.05) is 6.04 Å². The molecule has 1 fully saturated rings. The second-order valence-electron chi connectivity index (χ2n) is 6.61. The second kappa shape index (κ2) is 6.18. The summed E-state index contributed by atoms with van der Waals surface area (Å²) in [5.41, 5.74) is -0.897. The van der Waals surface area contributed by atoms with Crippen molar-refractivity contribution in [3.63, 3.8) is 0 Å². The number of benzene rings is 1. The standard InChI is InChI=1S/C16H21N3O4S/c1-9-4-3-5-12(10(9)2)19-24(22,23)11-6-7-13-14(8-11)18-16(21)15(20)17-13/h6-10,12,19H,3-5H2,1-2H3,(H,17,20)(H,18,21). The molecule has 8 heteroatoms. The van der Waals surface area contributed by atoms with E-state index in [4.69, 9.17) is 0 Å². The first-order valence-corrected chi connectivity index (χ1v) is 9.55. The van der Waals surface area contributed by atoms with Crippen LogP contribution < -0.4 is 15.8 Å². The van der Waals surface area contributed by atoms with E-state index in [9.17, 15) is 18.0 Å².